The molecule has 21 heavy (non-hydrogen) atoms. The predicted octanol–water partition coefficient (Wildman–Crippen LogP) is 6.07. The molecule has 0 amide bonds. The summed E-state index contributed by atoms with van der Waals surface area (Å²) < 4.78 is 7.63. The minimum Gasteiger partial charge on any atom is -0.493 e. The summed E-state index contributed by atoms with van der Waals surface area (Å²) in [5.74, 6) is 0.968. The average Bonchev–Trinajstić information content (AvgIpc) is 2.85. The van der Waals surface area contributed by atoms with Crippen LogP contribution in [0.1, 0.15) is 11.1 Å². The van der Waals surface area contributed by atoms with Crippen LogP contribution in [-0.2, 0) is 13.0 Å². The molecular formula is C15H11Br2Cl2NO. The Hall–Kier alpha value is -0.420. The first kappa shape index (κ1) is 15.5. The van der Waals surface area contributed by atoms with Crippen LogP contribution >= 0.6 is 55.1 Å². The normalized spacial score (nSPS) is 13.0. The van der Waals surface area contributed by atoms with Crippen molar-refractivity contribution < 1.29 is 4.74 Å². The van der Waals surface area contributed by atoms with Crippen molar-refractivity contribution in [1.29, 1.82) is 0 Å². The number of benzene rings is 2. The summed E-state index contributed by atoms with van der Waals surface area (Å²) >= 11 is 19.4. The fourth-order valence-corrected chi connectivity index (χ4v) is 4.27. The molecule has 0 unspecified atom stereocenters. The maximum atomic E-state index is 6.23. The number of nitrogens with one attached hydrogen (secondary N) is 1. The van der Waals surface area contributed by atoms with E-state index in [4.69, 9.17) is 27.9 Å². The van der Waals surface area contributed by atoms with E-state index in [-0.39, 0.29) is 0 Å². The van der Waals surface area contributed by atoms with E-state index < -0.39 is 0 Å². The van der Waals surface area contributed by atoms with Crippen molar-refractivity contribution in [3.05, 3.63) is 54.4 Å². The van der Waals surface area contributed by atoms with Crippen LogP contribution in [-0.4, -0.2) is 6.61 Å². The summed E-state index contributed by atoms with van der Waals surface area (Å²) in [6.45, 7) is 1.33. The first-order chi connectivity index (χ1) is 10.0. The largest absolute Gasteiger partial charge is 0.493 e. The first-order valence-corrected chi connectivity index (χ1v) is 8.71. The van der Waals surface area contributed by atoms with E-state index >= 15 is 0 Å². The fourth-order valence-electron chi connectivity index (χ4n) is 2.37. The lowest BCUT2D eigenvalue weighted by molar-refractivity contribution is 0.354. The molecular weight excluding hydrogens is 441 g/mol. The second kappa shape index (κ2) is 6.37. The van der Waals surface area contributed by atoms with E-state index in [1.807, 2.05) is 12.1 Å². The fraction of sp³-hybridized carbons (Fsp3) is 0.200. The molecule has 1 N–H and O–H groups in total. The minimum absolute atomic E-state index is 0.585. The van der Waals surface area contributed by atoms with Crippen molar-refractivity contribution >= 4 is 60.7 Å². The Kier molecular flexibility index (Phi) is 4.69. The van der Waals surface area contributed by atoms with Crippen LogP contribution in [0, 0.1) is 0 Å². The van der Waals surface area contributed by atoms with Crippen molar-refractivity contribution in [3.63, 3.8) is 0 Å². The van der Waals surface area contributed by atoms with Crippen LogP contribution in [0.5, 0.6) is 5.75 Å². The molecule has 2 nitrogen and oxygen atoms in total. The van der Waals surface area contributed by atoms with E-state index in [0.29, 0.717) is 16.6 Å². The Balaban J connectivity index is 1.86. The Bertz CT molecular complexity index is 683. The van der Waals surface area contributed by atoms with Crippen LogP contribution in [0.2, 0.25) is 10.0 Å². The summed E-state index contributed by atoms with van der Waals surface area (Å²) in [6.07, 6.45) is 0.946. The van der Waals surface area contributed by atoms with Crippen LogP contribution in [0.15, 0.2) is 33.2 Å². The first-order valence-electron chi connectivity index (χ1n) is 6.37. The minimum atomic E-state index is 0.585. The van der Waals surface area contributed by atoms with Crippen molar-refractivity contribution in [2.24, 2.45) is 0 Å². The molecule has 0 spiro atoms. The van der Waals surface area contributed by atoms with E-state index in [0.717, 1.165) is 39.0 Å². The van der Waals surface area contributed by atoms with Crippen molar-refractivity contribution in [2.75, 3.05) is 11.9 Å². The third kappa shape index (κ3) is 3.34. The molecule has 1 heterocycles. The van der Waals surface area contributed by atoms with Gasteiger partial charge in [-0.1, -0.05) is 55.1 Å². The zero-order valence-corrected chi connectivity index (χ0v) is 15.5. The predicted molar refractivity (Wildman–Crippen MR) is 94.8 cm³/mol. The standard InChI is InChI=1S/C15H11Br2Cl2NO/c16-10-3-8-1-2-21-15(8)9(4-10)7-20-14-12(18)5-11(17)6-13(14)19/h3-6,20H,1-2,7H2. The van der Waals surface area contributed by atoms with Gasteiger partial charge in [0.05, 0.1) is 22.3 Å². The number of rotatable bonds is 3. The lowest BCUT2D eigenvalue weighted by Crippen LogP contribution is -2.03. The maximum absolute atomic E-state index is 6.23. The highest BCUT2D eigenvalue weighted by Crippen LogP contribution is 2.36. The van der Waals surface area contributed by atoms with Crippen LogP contribution in [0.4, 0.5) is 5.69 Å². The average molecular weight is 452 g/mol. The molecule has 0 bridgehead atoms. The Morgan fingerprint density at radius 3 is 2.43 bits per heavy atom. The van der Waals surface area contributed by atoms with Gasteiger partial charge in [-0.3, -0.25) is 0 Å². The van der Waals surface area contributed by atoms with Crippen molar-refractivity contribution in [3.8, 4) is 5.75 Å². The molecule has 110 valence electrons. The molecule has 0 fully saturated rings. The smallest absolute Gasteiger partial charge is 0.127 e. The number of halogens is 4. The van der Waals surface area contributed by atoms with Gasteiger partial charge in [-0.2, -0.15) is 0 Å². The van der Waals surface area contributed by atoms with Crippen LogP contribution < -0.4 is 10.1 Å². The number of hydrogen-bond acceptors (Lipinski definition) is 2. The SMILES string of the molecule is Clc1cc(Br)cc(Cl)c1NCc1cc(Br)cc2c1OCC2. The van der Waals surface area contributed by atoms with Gasteiger partial charge in [0.15, 0.2) is 0 Å². The summed E-state index contributed by atoms with van der Waals surface area (Å²) in [7, 11) is 0. The molecule has 1 aliphatic heterocycles. The van der Waals surface area contributed by atoms with Crippen LogP contribution in [0.3, 0.4) is 0 Å². The van der Waals surface area contributed by atoms with Gasteiger partial charge in [0, 0.05) is 27.5 Å². The molecule has 2 aromatic carbocycles. The maximum Gasteiger partial charge on any atom is 0.127 e. The molecule has 1 aliphatic rings. The lowest BCUT2D eigenvalue weighted by atomic mass is 10.1. The highest BCUT2D eigenvalue weighted by Gasteiger charge is 2.18. The van der Waals surface area contributed by atoms with Gasteiger partial charge in [-0.25, -0.2) is 0 Å². The van der Waals surface area contributed by atoms with Crippen LogP contribution in [0.25, 0.3) is 0 Å². The molecule has 3 rings (SSSR count). The topological polar surface area (TPSA) is 21.3 Å². The number of ether oxygens (including phenoxy) is 1. The third-order valence-electron chi connectivity index (χ3n) is 3.29. The number of anilines is 1. The molecule has 0 aliphatic carbocycles. The molecule has 0 atom stereocenters. The molecule has 6 heteroatoms. The summed E-state index contributed by atoms with van der Waals surface area (Å²) in [6, 6.07) is 7.79. The van der Waals surface area contributed by atoms with Gasteiger partial charge in [0.25, 0.3) is 0 Å². The van der Waals surface area contributed by atoms with Gasteiger partial charge in [-0.15, -0.1) is 0 Å². The van der Waals surface area contributed by atoms with Gasteiger partial charge < -0.3 is 10.1 Å². The van der Waals surface area contributed by atoms with Crippen molar-refractivity contribution in [1.82, 2.24) is 0 Å². The monoisotopic (exact) mass is 449 g/mol. The third-order valence-corrected chi connectivity index (χ3v) is 4.80. The molecule has 0 saturated carbocycles. The highest BCUT2D eigenvalue weighted by atomic mass is 79.9. The van der Waals surface area contributed by atoms with E-state index in [9.17, 15) is 0 Å². The summed E-state index contributed by atoms with van der Waals surface area (Å²) in [5, 5.41) is 4.47. The highest BCUT2D eigenvalue weighted by molar-refractivity contribution is 9.10. The molecule has 2 aromatic rings. The zero-order chi connectivity index (χ0) is 15.0. The summed E-state index contributed by atoms with van der Waals surface area (Å²) in [5.41, 5.74) is 3.05. The Labute approximate surface area is 150 Å². The molecule has 0 saturated heterocycles. The number of hydrogen-bond donors (Lipinski definition) is 1. The van der Waals surface area contributed by atoms with E-state index in [1.54, 1.807) is 0 Å². The molecule has 0 radical (unpaired) electrons. The quantitative estimate of drug-likeness (QED) is 0.612. The lowest BCUT2D eigenvalue weighted by Gasteiger charge is -2.13. The van der Waals surface area contributed by atoms with E-state index in [1.165, 1.54) is 5.56 Å². The Morgan fingerprint density at radius 2 is 1.71 bits per heavy atom. The van der Waals surface area contributed by atoms with Gasteiger partial charge >= 0.3 is 0 Å². The van der Waals surface area contributed by atoms with Crippen molar-refractivity contribution in [2.45, 2.75) is 13.0 Å². The second-order valence-corrected chi connectivity index (χ2v) is 7.40. The Morgan fingerprint density at radius 1 is 1.05 bits per heavy atom. The molecule has 0 aromatic heterocycles. The summed E-state index contributed by atoms with van der Waals surface area (Å²) in [4.78, 5) is 0. The zero-order valence-electron chi connectivity index (χ0n) is 10.9. The second-order valence-electron chi connectivity index (χ2n) is 4.75. The number of fused-ring (bicyclic) bond motifs is 1. The van der Waals surface area contributed by atoms with Gasteiger partial charge in [-0.05, 0) is 29.8 Å². The van der Waals surface area contributed by atoms with E-state index in [2.05, 4.69) is 49.3 Å². The van der Waals surface area contributed by atoms with Gasteiger partial charge in [0.2, 0.25) is 0 Å². The van der Waals surface area contributed by atoms with Gasteiger partial charge in [0.1, 0.15) is 5.75 Å².